The zero-order valence-corrected chi connectivity index (χ0v) is 10.4. The molecule has 0 saturated heterocycles. The molecular formula is C10H14N4O2S. The number of carbonyl (C=O) groups is 1. The van der Waals surface area contributed by atoms with E-state index in [-0.39, 0.29) is 22.2 Å². The largest absolute Gasteiger partial charge is 0.392 e. The van der Waals surface area contributed by atoms with Crippen molar-refractivity contribution >= 4 is 23.1 Å². The van der Waals surface area contributed by atoms with Crippen LogP contribution in [0.5, 0.6) is 0 Å². The molecule has 0 aliphatic rings. The highest BCUT2D eigenvalue weighted by Gasteiger charge is 2.20. The van der Waals surface area contributed by atoms with Gasteiger partial charge in [0.2, 0.25) is 0 Å². The van der Waals surface area contributed by atoms with Crippen LogP contribution >= 0.6 is 12.2 Å². The smallest absolute Gasteiger partial charge is 0.272 e. The van der Waals surface area contributed by atoms with Gasteiger partial charge in [-0.25, -0.2) is 5.10 Å². The molecule has 0 radical (unpaired) electrons. The van der Waals surface area contributed by atoms with Crippen LogP contribution in [-0.2, 0) is 0 Å². The van der Waals surface area contributed by atoms with Gasteiger partial charge in [-0.3, -0.25) is 9.59 Å². The second kappa shape index (κ2) is 5.53. The summed E-state index contributed by atoms with van der Waals surface area (Å²) in [7, 11) is 0. The van der Waals surface area contributed by atoms with Crippen molar-refractivity contribution in [3.8, 4) is 0 Å². The third kappa shape index (κ3) is 3.63. The van der Waals surface area contributed by atoms with Crippen LogP contribution in [-0.4, -0.2) is 27.1 Å². The highest BCUT2D eigenvalue weighted by molar-refractivity contribution is 7.80. The molecule has 1 aromatic rings. The summed E-state index contributed by atoms with van der Waals surface area (Å²) in [6.45, 7) is 3.79. The molecule has 0 fully saturated rings. The summed E-state index contributed by atoms with van der Waals surface area (Å²) in [6.07, 6.45) is 0. The molecule has 1 amide bonds. The first kappa shape index (κ1) is 13.3. The van der Waals surface area contributed by atoms with E-state index >= 15 is 0 Å². The average molecular weight is 254 g/mol. The zero-order chi connectivity index (χ0) is 13.0. The van der Waals surface area contributed by atoms with Crippen molar-refractivity contribution in [2.75, 3.05) is 0 Å². The molecule has 92 valence electrons. The lowest BCUT2D eigenvalue weighted by Crippen LogP contribution is -2.47. The Balaban J connectivity index is 2.81. The molecule has 1 rings (SSSR count). The minimum Gasteiger partial charge on any atom is -0.392 e. The maximum Gasteiger partial charge on any atom is 0.272 e. The van der Waals surface area contributed by atoms with Crippen LogP contribution in [0, 0.1) is 5.92 Å². The van der Waals surface area contributed by atoms with Crippen LogP contribution < -0.4 is 16.6 Å². The van der Waals surface area contributed by atoms with Gasteiger partial charge in [0.15, 0.2) is 0 Å². The Bertz CT molecular complexity index is 463. The van der Waals surface area contributed by atoms with Gasteiger partial charge in [0.25, 0.3) is 11.5 Å². The van der Waals surface area contributed by atoms with E-state index in [1.807, 2.05) is 13.8 Å². The molecule has 4 N–H and O–H groups in total. The molecule has 0 aromatic carbocycles. The van der Waals surface area contributed by atoms with E-state index in [0.29, 0.717) is 0 Å². The van der Waals surface area contributed by atoms with Crippen molar-refractivity contribution in [3.05, 3.63) is 28.2 Å². The van der Waals surface area contributed by atoms with Gasteiger partial charge in [-0.2, -0.15) is 5.10 Å². The molecule has 1 unspecified atom stereocenters. The first-order valence-electron chi connectivity index (χ1n) is 5.07. The SMILES string of the molecule is CC(C)C(NC(=O)c1ccc(=O)[nH]n1)C(N)=S. The number of rotatable bonds is 4. The van der Waals surface area contributed by atoms with E-state index in [9.17, 15) is 9.59 Å². The average Bonchev–Trinajstić information content (AvgIpc) is 2.25. The monoisotopic (exact) mass is 254 g/mol. The zero-order valence-electron chi connectivity index (χ0n) is 9.56. The predicted octanol–water partition coefficient (Wildman–Crippen LogP) is -0.190. The van der Waals surface area contributed by atoms with Crippen LogP contribution in [0.25, 0.3) is 0 Å². The summed E-state index contributed by atoms with van der Waals surface area (Å²) < 4.78 is 0. The number of aromatic nitrogens is 2. The fourth-order valence-corrected chi connectivity index (χ4v) is 1.58. The summed E-state index contributed by atoms with van der Waals surface area (Å²) in [4.78, 5) is 22.8. The Kier molecular flexibility index (Phi) is 4.33. The number of nitrogens with two attached hydrogens (primary N) is 1. The number of thiocarbonyl (C=S) groups is 1. The highest BCUT2D eigenvalue weighted by Crippen LogP contribution is 2.03. The van der Waals surface area contributed by atoms with Gasteiger partial charge in [0, 0.05) is 6.07 Å². The lowest BCUT2D eigenvalue weighted by atomic mass is 10.0. The summed E-state index contributed by atoms with van der Waals surface area (Å²) >= 11 is 4.87. The summed E-state index contributed by atoms with van der Waals surface area (Å²) in [6, 6.07) is 2.17. The number of H-pyrrole nitrogens is 1. The van der Waals surface area contributed by atoms with Gasteiger partial charge in [0.1, 0.15) is 5.69 Å². The topological polar surface area (TPSA) is 101 Å². The van der Waals surface area contributed by atoms with E-state index in [1.54, 1.807) is 0 Å². The minimum absolute atomic E-state index is 0.0826. The third-order valence-corrected chi connectivity index (χ3v) is 2.43. The normalized spacial score (nSPS) is 12.2. The molecule has 0 aliphatic carbocycles. The molecule has 0 aliphatic heterocycles. The molecule has 0 saturated carbocycles. The number of amides is 1. The molecule has 0 spiro atoms. The van der Waals surface area contributed by atoms with Crippen LogP contribution in [0.1, 0.15) is 24.3 Å². The first-order valence-corrected chi connectivity index (χ1v) is 5.48. The van der Waals surface area contributed by atoms with E-state index in [1.165, 1.54) is 12.1 Å². The Morgan fingerprint density at radius 2 is 2.18 bits per heavy atom. The summed E-state index contributed by atoms with van der Waals surface area (Å²) in [5, 5.41) is 8.46. The Labute approximate surface area is 104 Å². The first-order chi connectivity index (χ1) is 7.91. The quantitative estimate of drug-likeness (QED) is 0.647. The summed E-state index contributed by atoms with van der Waals surface area (Å²) in [5.74, 6) is -0.341. The second-order valence-electron chi connectivity index (χ2n) is 3.90. The van der Waals surface area contributed by atoms with Gasteiger partial charge < -0.3 is 11.1 Å². The van der Waals surface area contributed by atoms with Gasteiger partial charge in [-0.1, -0.05) is 26.1 Å². The van der Waals surface area contributed by atoms with Crippen LogP contribution in [0.4, 0.5) is 0 Å². The van der Waals surface area contributed by atoms with Crippen molar-refractivity contribution in [3.63, 3.8) is 0 Å². The van der Waals surface area contributed by atoms with E-state index < -0.39 is 11.9 Å². The van der Waals surface area contributed by atoms with Crippen molar-refractivity contribution in [1.82, 2.24) is 15.5 Å². The number of hydrogen-bond donors (Lipinski definition) is 3. The maximum atomic E-state index is 11.8. The van der Waals surface area contributed by atoms with Gasteiger partial charge in [0.05, 0.1) is 11.0 Å². The van der Waals surface area contributed by atoms with Crippen LogP contribution in [0.3, 0.4) is 0 Å². The molecular weight excluding hydrogens is 240 g/mol. The lowest BCUT2D eigenvalue weighted by Gasteiger charge is -2.20. The molecule has 7 heteroatoms. The number of hydrogen-bond acceptors (Lipinski definition) is 4. The number of nitrogens with one attached hydrogen (secondary N) is 2. The van der Waals surface area contributed by atoms with Crippen molar-refractivity contribution in [1.29, 1.82) is 0 Å². The van der Waals surface area contributed by atoms with Crippen LogP contribution in [0.2, 0.25) is 0 Å². The van der Waals surface area contributed by atoms with E-state index in [4.69, 9.17) is 18.0 Å². The van der Waals surface area contributed by atoms with Gasteiger partial charge in [-0.05, 0) is 12.0 Å². The van der Waals surface area contributed by atoms with E-state index in [0.717, 1.165) is 0 Å². The molecule has 1 atom stereocenters. The van der Waals surface area contributed by atoms with Gasteiger partial charge in [-0.15, -0.1) is 0 Å². The van der Waals surface area contributed by atoms with Crippen molar-refractivity contribution in [2.24, 2.45) is 11.7 Å². The predicted molar refractivity (Wildman–Crippen MR) is 67.7 cm³/mol. The number of aromatic amines is 1. The molecule has 1 heterocycles. The number of carbonyl (C=O) groups excluding carboxylic acids is 1. The Morgan fingerprint density at radius 3 is 2.59 bits per heavy atom. The highest BCUT2D eigenvalue weighted by atomic mass is 32.1. The second-order valence-corrected chi connectivity index (χ2v) is 4.38. The Hall–Kier alpha value is -1.76. The lowest BCUT2D eigenvalue weighted by molar-refractivity contribution is 0.0933. The molecule has 1 aromatic heterocycles. The van der Waals surface area contributed by atoms with Gasteiger partial charge >= 0.3 is 0 Å². The van der Waals surface area contributed by atoms with Crippen molar-refractivity contribution < 1.29 is 4.79 Å². The fourth-order valence-electron chi connectivity index (χ4n) is 1.25. The summed E-state index contributed by atoms with van der Waals surface area (Å²) in [5.41, 5.74) is 5.28. The minimum atomic E-state index is -0.423. The molecule has 0 bridgehead atoms. The van der Waals surface area contributed by atoms with E-state index in [2.05, 4.69) is 15.5 Å². The maximum absolute atomic E-state index is 11.8. The fraction of sp³-hybridized carbons (Fsp3) is 0.400. The van der Waals surface area contributed by atoms with Crippen LogP contribution in [0.15, 0.2) is 16.9 Å². The Morgan fingerprint density at radius 1 is 1.53 bits per heavy atom. The standard InChI is InChI=1S/C10H14N4O2S/c1-5(2)8(9(11)17)12-10(16)6-3-4-7(15)14-13-6/h3-5,8H,1-2H3,(H2,11,17)(H,12,16)(H,14,15). The third-order valence-electron chi connectivity index (χ3n) is 2.17. The molecule has 6 nitrogen and oxygen atoms in total. The van der Waals surface area contributed by atoms with Crippen molar-refractivity contribution in [2.45, 2.75) is 19.9 Å². The number of nitrogens with zero attached hydrogens (tertiary/aromatic N) is 1. The molecule has 17 heavy (non-hydrogen) atoms.